The third kappa shape index (κ3) is 2.88. The van der Waals surface area contributed by atoms with Gasteiger partial charge in [0.25, 0.3) is 5.56 Å². The van der Waals surface area contributed by atoms with Crippen LogP contribution in [-0.4, -0.2) is 45.1 Å². The minimum absolute atomic E-state index is 0.102. The number of likely N-dealkylation sites (tertiary alicyclic amines) is 1. The fourth-order valence-electron chi connectivity index (χ4n) is 5.26. The molecule has 4 rings (SSSR count). The lowest BCUT2D eigenvalue weighted by atomic mass is 9.88. The molecule has 27 heavy (non-hydrogen) atoms. The molecule has 3 aliphatic rings. The molecular weight excluding hydrogens is 346 g/mol. The molecular formula is C20H27N3O4. The molecule has 3 heterocycles. The van der Waals surface area contributed by atoms with Crippen molar-refractivity contribution in [3.8, 4) is 0 Å². The van der Waals surface area contributed by atoms with Crippen molar-refractivity contribution < 1.29 is 14.7 Å². The van der Waals surface area contributed by atoms with Gasteiger partial charge >= 0.3 is 0 Å². The summed E-state index contributed by atoms with van der Waals surface area (Å²) in [7, 11) is 0. The maximum Gasteiger partial charge on any atom is 0.250 e. The normalized spacial score (nSPS) is 29.6. The highest BCUT2D eigenvalue weighted by atomic mass is 16.3. The van der Waals surface area contributed by atoms with Crippen LogP contribution in [0.1, 0.15) is 50.8 Å². The Morgan fingerprint density at radius 1 is 1.26 bits per heavy atom. The van der Waals surface area contributed by atoms with Crippen LogP contribution in [0.4, 0.5) is 0 Å². The number of aromatic nitrogens is 1. The van der Waals surface area contributed by atoms with Crippen molar-refractivity contribution in [3.05, 3.63) is 34.2 Å². The van der Waals surface area contributed by atoms with Crippen LogP contribution in [-0.2, 0) is 16.1 Å². The second kappa shape index (κ2) is 7.11. The summed E-state index contributed by atoms with van der Waals surface area (Å²) in [6.07, 6.45) is 4.44. The quantitative estimate of drug-likeness (QED) is 0.817. The monoisotopic (exact) mass is 373 g/mol. The number of rotatable bonds is 4. The molecule has 1 saturated carbocycles. The number of nitrogens with zero attached hydrogens (tertiary/aromatic N) is 2. The lowest BCUT2D eigenvalue weighted by molar-refractivity contribution is -0.141. The van der Waals surface area contributed by atoms with E-state index in [-0.39, 0.29) is 54.3 Å². The fraction of sp³-hybridized carbons (Fsp3) is 0.650. The van der Waals surface area contributed by atoms with E-state index in [4.69, 9.17) is 0 Å². The highest BCUT2D eigenvalue weighted by Crippen LogP contribution is 2.49. The third-order valence-electron chi connectivity index (χ3n) is 6.51. The molecule has 4 atom stereocenters. The first-order valence-electron chi connectivity index (χ1n) is 9.99. The van der Waals surface area contributed by atoms with E-state index in [1.807, 2.05) is 6.07 Å². The van der Waals surface area contributed by atoms with E-state index in [2.05, 4.69) is 5.32 Å². The lowest BCUT2D eigenvalue weighted by Gasteiger charge is -2.31. The first-order chi connectivity index (χ1) is 13.1. The molecule has 7 nitrogen and oxygen atoms in total. The van der Waals surface area contributed by atoms with Crippen LogP contribution >= 0.6 is 0 Å². The van der Waals surface area contributed by atoms with E-state index in [9.17, 15) is 19.5 Å². The number of fused-ring (bicyclic) bond motifs is 3. The van der Waals surface area contributed by atoms with Crippen molar-refractivity contribution in [1.82, 2.24) is 14.8 Å². The molecule has 2 N–H and O–H groups in total. The summed E-state index contributed by atoms with van der Waals surface area (Å²) in [6, 6.07) is 4.21. The van der Waals surface area contributed by atoms with Crippen LogP contribution in [0.5, 0.6) is 0 Å². The van der Waals surface area contributed by atoms with Crippen molar-refractivity contribution in [3.63, 3.8) is 0 Å². The molecule has 0 aromatic carbocycles. The number of pyridine rings is 1. The molecule has 1 saturated heterocycles. The maximum atomic E-state index is 13.1. The number of hydrogen-bond acceptors (Lipinski definition) is 4. The summed E-state index contributed by atoms with van der Waals surface area (Å²) < 4.78 is 1.68. The molecule has 0 radical (unpaired) electrons. The summed E-state index contributed by atoms with van der Waals surface area (Å²) in [4.78, 5) is 39.9. The number of hydrogen-bond donors (Lipinski definition) is 2. The largest absolute Gasteiger partial charge is 0.396 e. The molecule has 1 aliphatic carbocycles. The predicted octanol–water partition coefficient (Wildman–Crippen LogP) is 0.807. The Balaban J connectivity index is 1.71. The van der Waals surface area contributed by atoms with Crippen LogP contribution in [0.3, 0.4) is 0 Å². The Bertz CT molecular complexity index is 799. The molecule has 2 aliphatic heterocycles. The molecule has 0 spiro atoms. The van der Waals surface area contributed by atoms with Crippen LogP contribution in [0.25, 0.3) is 0 Å². The standard InChI is InChI=1S/C20H27N3O4/c1-2-16(25)23-18-13(10-22-15(18)8-5-9-17(22)26)14(11-24)19(23)20(27)21-12-6-3-4-7-12/h5,8-9,12-14,18-19,24H,2-4,6-7,10-11H2,1H3,(H,21,27)/t13-,14-,18+,19-/m0/s1. The van der Waals surface area contributed by atoms with E-state index in [1.165, 1.54) is 6.07 Å². The Morgan fingerprint density at radius 3 is 2.67 bits per heavy atom. The zero-order valence-corrected chi connectivity index (χ0v) is 15.6. The number of amides is 2. The molecule has 2 fully saturated rings. The van der Waals surface area contributed by atoms with Gasteiger partial charge in [-0.25, -0.2) is 0 Å². The zero-order chi connectivity index (χ0) is 19.1. The van der Waals surface area contributed by atoms with E-state index >= 15 is 0 Å². The Morgan fingerprint density at radius 2 is 2.00 bits per heavy atom. The van der Waals surface area contributed by atoms with Crippen molar-refractivity contribution in [2.45, 2.75) is 63.7 Å². The number of nitrogens with one attached hydrogen (secondary N) is 1. The van der Waals surface area contributed by atoms with Crippen LogP contribution < -0.4 is 10.9 Å². The second-order valence-electron chi connectivity index (χ2n) is 7.94. The number of carbonyl (C=O) groups is 2. The van der Waals surface area contributed by atoms with Gasteiger partial charge in [0.1, 0.15) is 6.04 Å². The SMILES string of the molecule is CCC(=O)N1[C@H](C(=O)NC2CCCC2)[C@@H](CO)[C@@H]2Cn3c(cccc3=O)[C@@H]21. The van der Waals surface area contributed by atoms with E-state index < -0.39 is 6.04 Å². The minimum Gasteiger partial charge on any atom is -0.396 e. The first kappa shape index (κ1) is 18.2. The maximum absolute atomic E-state index is 13.1. The van der Waals surface area contributed by atoms with E-state index in [0.29, 0.717) is 6.54 Å². The molecule has 146 valence electrons. The Kier molecular flexibility index (Phi) is 4.80. The smallest absolute Gasteiger partial charge is 0.250 e. The van der Waals surface area contributed by atoms with Crippen molar-refractivity contribution in [2.75, 3.05) is 6.61 Å². The van der Waals surface area contributed by atoms with Gasteiger partial charge in [-0.15, -0.1) is 0 Å². The highest BCUT2D eigenvalue weighted by Gasteiger charge is 2.57. The highest BCUT2D eigenvalue weighted by molar-refractivity contribution is 5.89. The average molecular weight is 373 g/mol. The Labute approximate surface area is 158 Å². The Hall–Kier alpha value is -2.15. The van der Waals surface area contributed by atoms with Gasteiger partial charge in [0, 0.05) is 49.2 Å². The van der Waals surface area contributed by atoms with E-state index in [1.54, 1.807) is 22.5 Å². The van der Waals surface area contributed by atoms with Crippen molar-refractivity contribution >= 4 is 11.8 Å². The van der Waals surface area contributed by atoms with Gasteiger partial charge in [0.05, 0.1) is 6.04 Å². The number of aliphatic hydroxyl groups excluding tert-OH is 1. The summed E-state index contributed by atoms with van der Waals surface area (Å²) in [5.41, 5.74) is 0.665. The molecule has 7 heteroatoms. The summed E-state index contributed by atoms with van der Waals surface area (Å²) in [5, 5.41) is 13.2. The van der Waals surface area contributed by atoms with Gasteiger partial charge < -0.3 is 19.9 Å². The van der Waals surface area contributed by atoms with Gasteiger partial charge in [0.15, 0.2) is 0 Å². The van der Waals surface area contributed by atoms with E-state index in [0.717, 1.165) is 31.4 Å². The second-order valence-corrected chi connectivity index (χ2v) is 7.94. The molecule has 1 aromatic heterocycles. The van der Waals surface area contributed by atoms with Crippen LogP contribution in [0, 0.1) is 11.8 Å². The fourth-order valence-corrected chi connectivity index (χ4v) is 5.26. The molecule has 0 bridgehead atoms. The van der Waals surface area contributed by atoms with Gasteiger partial charge in [-0.1, -0.05) is 25.8 Å². The number of carbonyl (C=O) groups excluding carboxylic acids is 2. The summed E-state index contributed by atoms with van der Waals surface area (Å²) in [5.74, 6) is -0.773. The third-order valence-corrected chi connectivity index (χ3v) is 6.51. The molecule has 2 amide bonds. The van der Waals surface area contributed by atoms with Gasteiger partial charge in [-0.05, 0) is 18.9 Å². The summed E-state index contributed by atoms with van der Waals surface area (Å²) >= 11 is 0. The topological polar surface area (TPSA) is 91.6 Å². The minimum atomic E-state index is -0.679. The number of aliphatic hydroxyl groups is 1. The zero-order valence-electron chi connectivity index (χ0n) is 15.6. The van der Waals surface area contributed by atoms with Crippen LogP contribution in [0.15, 0.2) is 23.0 Å². The van der Waals surface area contributed by atoms with Crippen molar-refractivity contribution in [2.24, 2.45) is 11.8 Å². The molecule has 0 unspecified atom stereocenters. The average Bonchev–Trinajstić information content (AvgIpc) is 3.36. The van der Waals surface area contributed by atoms with Gasteiger partial charge in [-0.2, -0.15) is 0 Å². The van der Waals surface area contributed by atoms with Crippen molar-refractivity contribution in [1.29, 1.82) is 0 Å². The first-order valence-corrected chi connectivity index (χ1v) is 9.99. The lowest BCUT2D eigenvalue weighted by Crippen LogP contribution is -2.52. The predicted molar refractivity (Wildman–Crippen MR) is 98.8 cm³/mol. The summed E-state index contributed by atoms with van der Waals surface area (Å²) in [6.45, 7) is 2.04. The van der Waals surface area contributed by atoms with Gasteiger partial charge in [0.2, 0.25) is 11.8 Å². The molecule has 1 aromatic rings. The van der Waals surface area contributed by atoms with Gasteiger partial charge in [-0.3, -0.25) is 14.4 Å². The van der Waals surface area contributed by atoms with Crippen LogP contribution in [0.2, 0.25) is 0 Å².